The van der Waals surface area contributed by atoms with E-state index in [1.54, 1.807) is 0 Å². The van der Waals surface area contributed by atoms with Gasteiger partial charge in [-0.2, -0.15) is 0 Å². The smallest absolute Gasteiger partial charge is 0.230 e. The second kappa shape index (κ2) is 8.56. The van der Waals surface area contributed by atoms with Crippen LogP contribution in [0.2, 0.25) is 0 Å². The third-order valence-corrected chi connectivity index (χ3v) is 5.22. The van der Waals surface area contributed by atoms with Gasteiger partial charge in [-0.15, -0.1) is 11.8 Å². The Kier molecular flexibility index (Phi) is 6.72. The van der Waals surface area contributed by atoms with Gasteiger partial charge < -0.3 is 10.2 Å². The standard InChI is InChI=1S/C19H28N2O2S/c1-19(2,3)15-6-8-16(9-7-15)24-14-17(22)20-11-10-18(23)21-12-4-5-13-21/h6-9H,4-5,10-14H2,1-3H3,(H,20,22). The molecule has 0 spiro atoms. The maximum absolute atomic E-state index is 11.9. The summed E-state index contributed by atoms with van der Waals surface area (Å²) in [5.74, 6) is 0.514. The summed E-state index contributed by atoms with van der Waals surface area (Å²) in [6.07, 6.45) is 2.60. The van der Waals surface area contributed by atoms with Crippen LogP contribution in [0, 0.1) is 0 Å². The molecular weight excluding hydrogens is 320 g/mol. The maximum atomic E-state index is 11.9. The van der Waals surface area contributed by atoms with Crippen LogP contribution in [0.3, 0.4) is 0 Å². The number of likely N-dealkylation sites (tertiary alicyclic amines) is 1. The predicted octanol–water partition coefficient (Wildman–Crippen LogP) is 3.20. The zero-order valence-electron chi connectivity index (χ0n) is 14.9. The van der Waals surface area contributed by atoms with Crippen molar-refractivity contribution in [1.82, 2.24) is 10.2 Å². The van der Waals surface area contributed by atoms with Gasteiger partial charge in [-0.25, -0.2) is 0 Å². The van der Waals surface area contributed by atoms with Gasteiger partial charge in [0.05, 0.1) is 5.75 Å². The number of nitrogens with one attached hydrogen (secondary N) is 1. The van der Waals surface area contributed by atoms with Crippen molar-refractivity contribution in [1.29, 1.82) is 0 Å². The zero-order chi connectivity index (χ0) is 17.6. The summed E-state index contributed by atoms with van der Waals surface area (Å²) in [7, 11) is 0. The highest BCUT2D eigenvalue weighted by Gasteiger charge is 2.17. The van der Waals surface area contributed by atoms with Gasteiger partial charge in [0.2, 0.25) is 11.8 Å². The zero-order valence-corrected chi connectivity index (χ0v) is 15.7. The average molecular weight is 349 g/mol. The van der Waals surface area contributed by atoms with Crippen LogP contribution in [-0.4, -0.2) is 42.1 Å². The minimum Gasteiger partial charge on any atom is -0.355 e. The molecule has 5 heteroatoms. The fourth-order valence-electron chi connectivity index (χ4n) is 2.68. The molecular formula is C19H28N2O2S. The van der Waals surface area contributed by atoms with E-state index in [1.807, 2.05) is 4.90 Å². The van der Waals surface area contributed by atoms with Gasteiger partial charge in [-0.05, 0) is 36.0 Å². The van der Waals surface area contributed by atoms with Gasteiger partial charge in [0.25, 0.3) is 0 Å². The molecule has 1 aliphatic rings. The summed E-state index contributed by atoms with van der Waals surface area (Å²) >= 11 is 1.52. The minimum absolute atomic E-state index is 0.0193. The van der Waals surface area contributed by atoms with E-state index in [2.05, 4.69) is 50.4 Å². The first-order valence-corrected chi connectivity index (χ1v) is 9.62. The highest BCUT2D eigenvalue weighted by molar-refractivity contribution is 8.00. The van der Waals surface area contributed by atoms with Crippen LogP contribution in [-0.2, 0) is 15.0 Å². The molecule has 132 valence electrons. The van der Waals surface area contributed by atoms with Crippen molar-refractivity contribution in [3.8, 4) is 0 Å². The van der Waals surface area contributed by atoms with Crippen LogP contribution in [0.5, 0.6) is 0 Å². The predicted molar refractivity (Wildman–Crippen MR) is 99.3 cm³/mol. The van der Waals surface area contributed by atoms with Gasteiger partial charge in [0.15, 0.2) is 0 Å². The van der Waals surface area contributed by atoms with Gasteiger partial charge in [0.1, 0.15) is 0 Å². The van der Waals surface area contributed by atoms with E-state index in [9.17, 15) is 9.59 Å². The molecule has 0 saturated carbocycles. The lowest BCUT2D eigenvalue weighted by Crippen LogP contribution is -2.33. The molecule has 2 amide bonds. The van der Waals surface area contributed by atoms with Crippen molar-refractivity contribution >= 4 is 23.6 Å². The number of carbonyl (C=O) groups is 2. The van der Waals surface area contributed by atoms with Gasteiger partial charge in [0, 0.05) is 31.0 Å². The Morgan fingerprint density at radius 2 is 1.75 bits per heavy atom. The molecule has 0 radical (unpaired) electrons. The number of hydrogen-bond donors (Lipinski definition) is 1. The number of nitrogens with zero attached hydrogens (tertiary/aromatic N) is 1. The van der Waals surface area contributed by atoms with Crippen molar-refractivity contribution in [3.05, 3.63) is 29.8 Å². The summed E-state index contributed by atoms with van der Waals surface area (Å²) < 4.78 is 0. The topological polar surface area (TPSA) is 49.4 Å². The Hall–Kier alpha value is -1.49. The van der Waals surface area contributed by atoms with E-state index in [4.69, 9.17) is 0 Å². The number of benzene rings is 1. The summed E-state index contributed by atoms with van der Waals surface area (Å²) in [5, 5.41) is 2.84. The molecule has 24 heavy (non-hydrogen) atoms. The lowest BCUT2D eigenvalue weighted by atomic mass is 9.87. The van der Waals surface area contributed by atoms with E-state index < -0.39 is 0 Å². The van der Waals surface area contributed by atoms with Crippen molar-refractivity contribution in [2.45, 2.75) is 50.3 Å². The largest absolute Gasteiger partial charge is 0.355 e. The summed E-state index contributed by atoms with van der Waals surface area (Å²) in [6.45, 7) is 8.72. The van der Waals surface area contributed by atoms with Gasteiger partial charge >= 0.3 is 0 Å². The van der Waals surface area contributed by atoms with Crippen LogP contribution in [0.4, 0.5) is 0 Å². The number of hydrogen-bond acceptors (Lipinski definition) is 3. The van der Waals surface area contributed by atoms with E-state index in [-0.39, 0.29) is 17.2 Å². The van der Waals surface area contributed by atoms with E-state index in [1.165, 1.54) is 17.3 Å². The Morgan fingerprint density at radius 1 is 1.12 bits per heavy atom. The molecule has 0 bridgehead atoms. The molecule has 1 fully saturated rings. The summed E-state index contributed by atoms with van der Waals surface area (Å²) in [5.41, 5.74) is 1.43. The normalized spacial score (nSPS) is 14.7. The van der Waals surface area contributed by atoms with Crippen molar-refractivity contribution < 1.29 is 9.59 Å². The van der Waals surface area contributed by atoms with Crippen LogP contribution < -0.4 is 5.32 Å². The van der Waals surface area contributed by atoms with Crippen LogP contribution >= 0.6 is 11.8 Å². The summed E-state index contributed by atoms with van der Waals surface area (Å²) in [6, 6.07) is 8.37. The van der Waals surface area contributed by atoms with Crippen LogP contribution in [0.15, 0.2) is 29.2 Å². The summed E-state index contributed by atoms with van der Waals surface area (Å²) in [4.78, 5) is 26.8. The quantitative estimate of drug-likeness (QED) is 0.803. The molecule has 0 atom stereocenters. The number of carbonyl (C=O) groups excluding carboxylic acids is 2. The first-order chi connectivity index (χ1) is 11.4. The number of rotatable bonds is 6. The Balaban J connectivity index is 1.66. The third-order valence-electron chi connectivity index (χ3n) is 4.21. The Morgan fingerprint density at radius 3 is 2.33 bits per heavy atom. The number of amides is 2. The van der Waals surface area contributed by atoms with Crippen molar-refractivity contribution in [3.63, 3.8) is 0 Å². The molecule has 1 saturated heterocycles. The molecule has 0 aliphatic carbocycles. The first-order valence-electron chi connectivity index (χ1n) is 8.64. The average Bonchev–Trinajstić information content (AvgIpc) is 3.07. The van der Waals surface area contributed by atoms with E-state index in [0.29, 0.717) is 18.7 Å². The molecule has 2 rings (SSSR count). The highest BCUT2D eigenvalue weighted by Crippen LogP contribution is 2.25. The molecule has 4 nitrogen and oxygen atoms in total. The van der Waals surface area contributed by atoms with Crippen LogP contribution in [0.25, 0.3) is 0 Å². The van der Waals surface area contributed by atoms with Crippen molar-refractivity contribution in [2.75, 3.05) is 25.4 Å². The fraction of sp³-hybridized carbons (Fsp3) is 0.579. The Bertz CT molecular complexity index is 558. The molecule has 1 aliphatic heterocycles. The molecule has 1 aromatic carbocycles. The molecule has 1 aromatic rings. The van der Waals surface area contributed by atoms with Crippen molar-refractivity contribution in [2.24, 2.45) is 0 Å². The van der Waals surface area contributed by atoms with Crippen LogP contribution in [0.1, 0.15) is 45.6 Å². The minimum atomic E-state index is -0.0193. The lowest BCUT2D eigenvalue weighted by Gasteiger charge is -2.19. The second-order valence-corrected chi connectivity index (χ2v) is 8.30. The molecule has 0 unspecified atom stereocenters. The monoisotopic (exact) mass is 348 g/mol. The lowest BCUT2D eigenvalue weighted by molar-refractivity contribution is -0.130. The number of thioether (sulfide) groups is 1. The Labute approximate surface area is 149 Å². The highest BCUT2D eigenvalue weighted by atomic mass is 32.2. The second-order valence-electron chi connectivity index (χ2n) is 7.25. The third kappa shape index (κ3) is 5.86. The van der Waals surface area contributed by atoms with E-state index in [0.717, 1.165) is 30.8 Å². The SMILES string of the molecule is CC(C)(C)c1ccc(SCC(=O)NCCC(=O)N2CCCC2)cc1. The fourth-order valence-corrected chi connectivity index (χ4v) is 3.41. The molecule has 1 heterocycles. The van der Waals surface area contributed by atoms with Gasteiger partial charge in [-0.1, -0.05) is 32.9 Å². The van der Waals surface area contributed by atoms with E-state index >= 15 is 0 Å². The van der Waals surface area contributed by atoms with Gasteiger partial charge in [-0.3, -0.25) is 9.59 Å². The maximum Gasteiger partial charge on any atom is 0.230 e. The molecule has 0 aromatic heterocycles. The molecule has 1 N–H and O–H groups in total. The first kappa shape index (κ1) is 18.8.